The second-order valence-corrected chi connectivity index (χ2v) is 33.0. The molecule has 0 spiro atoms. The number of benzene rings is 8. The predicted molar refractivity (Wildman–Crippen MR) is 374 cm³/mol. The molecule has 3 aliphatic carbocycles. The van der Waals surface area contributed by atoms with Gasteiger partial charge in [-0.3, -0.25) is 0 Å². The molecule has 0 amide bonds. The summed E-state index contributed by atoms with van der Waals surface area (Å²) in [5, 5.41) is 1.18. The van der Waals surface area contributed by atoms with Gasteiger partial charge in [-0.05, 0) is 222 Å². The maximum absolute atomic E-state index is 7.91. The van der Waals surface area contributed by atoms with Crippen LogP contribution in [0.4, 0.5) is 51.2 Å². The van der Waals surface area contributed by atoms with Crippen LogP contribution in [0.15, 0.2) is 162 Å². The van der Waals surface area contributed by atoms with Gasteiger partial charge in [0.2, 0.25) is 0 Å². The van der Waals surface area contributed by atoms with Crippen molar-refractivity contribution in [3.8, 4) is 11.1 Å². The molecule has 5 aliphatic rings. The van der Waals surface area contributed by atoms with Crippen molar-refractivity contribution in [2.75, 3.05) is 14.7 Å². The zero-order valence-electron chi connectivity index (χ0n) is 55.6. The molecular weight excluding hydrogens is 1050 g/mol. The number of hydrogen-bond donors (Lipinski definition) is 0. The highest BCUT2D eigenvalue weighted by Gasteiger charge is 2.50. The van der Waals surface area contributed by atoms with Crippen molar-refractivity contribution in [3.63, 3.8) is 0 Å². The van der Waals surface area contributed by atoms with Gasteiger partial charge >= 0.3 is 0 Å². The lowest BCUT2D eigenvalue weighted by Crippen LogP contribution is -2.61. The van der Waals surface area contributed by atoms with Crippen LogP contribution < -0.4 is 31.3 Å². The van der Waals surface area contributed by atoms with Gasteiger partial charge in [-0.25, -0.2) is 0 Å². The van der Waals surface area contributed by atoms with E-state index in [2.05, 4.69) is 297 Å². The number of anilines is 9. The highest BCUT2D eigenvalue weighted by Crippen LogP contribution is 2.57. The quantitative estimate of drug-likeness (QED) is 0.155. The van der Waals surface area contributed by atoms with Gasteiger partial charge in [-0.2, -0.15) is 0 Å². The summed E-state index contributed by atoms with van der Waals surface area (Å²) in [6, 6.07) is 62.2. The van der Waals surface area contributed by atoms with E-state index in [1.54, 1.807) is 0 Å². The fourth-order valence-electron chi connectivity index (χ4n) is 16.2. The van der Waals surface area contributed by atoms with Crippen molar-refractivity contribution in [2.45, 2.75) is 206 Å². The molecule has 4 nitrogen and oxygen atoms in total. The summed E-state index contributed by atoms with van der Waals surface area (Å²) in [4.78, 5) is 7.91. The standard InChI is InChI=1S/C82H92BN3O/c1-75(2,3)52-29-35-67(58(43-52)51-25-21-19-22-26-51)86-68-36-30-53(76(4,5)6)44-66(68)83-72-69(47-57(48-70(72)86)84(54-27-23-20-24-28-54)55-31-33-60-62(45-55)79(11,12)39-37-77(60,7)8)85(56-32-34-61-63(46-56)80(13,14)40-38-78(61,9)10)73-59-49-64-65(50-71(59)87-74(73)83)82(17,18)42-41-81(64,15)16/h19-36,43-50H,37-42H2,1-18H3. The molecule has 0 atom stereocenters. The van der Waals surface area contributed by atoms with Gasteiger partial charge < -0.3 is 19.1 Å². The molecule has 0 bridgehead atoms. The molecule has 9 aromatic rings. The van der Waals surface area contributed by atoms with Crippen LogP contribution >= 0.6 is 0 Å². The number of furan rings is 1. The van der Waals surface area contributed by atoms with Crippen LogP contribution in [0.25, 0.3) is 22.1 Å². The summed E-state index contributed by atoms with van der Waals surface area (Å²) in [6.07, 6.45) is 6.84. The number of rotatable bonds is 6. The Labute approximate surface area is 521 Å². The first-order valence-electron chi connectivity index (χ1n) is 32.7. The van der Waals surface area contributed by atoms with Gasteiger partial charge in [0, 0.05) is 45.1 Å². The van der Waals surface area contributed by atoms with Crippen LogP contribution in [0.5, 0.6) is 0 Å². The normalized spacial score (nSPS) is 18.9. The molecule has 0 unspecified atom stereocenters. The van der Waals surface area contributed by atoms with E-state index < -0.39 is 0 Å². The second kappa shape index (κ2) is 19.1. The van der Waals surface area contributed by atoms with Crippen LogP contribution in [0.3, 0.4) is 0 Å². The minimum absolute atomic E-state index is 0.00492. The predicted octanol–water partition coefficient (Wildman–Crippen LogP) is 21.3. The Hall–Kier alpha value is -7.24. The molecule has 0 saturated heterocycles. The molecule has 14 rings (SSSR count). The van der Waals surface area contributed by atoms with E-state index >= 15 is 0 Å². The summed E-state index contributed by atoms with van der Waals surface area (Å²) >= 11 is 0. The third-order valence-corrected chi connectivity index (χ3v) is 22.1. The molecule has 3 heterocycles. The van der Waals surface area contributed by atoms with Crippen molar-refractivity contribution in [3.05, 3.63) is 202 Å². The van der Waals surface area contributed by atoms with E-state index in [1.165, 1.54) is 89.0 Å². The number of fused-ring (bicyclic) bond motifs is 9. The lowest BCUT2D eigenvalue weighted by molar-refractivity contribution is 0.332. The molecule has 0 saturated carbocycles. The monoisotopic (exact) mass is 1150 g/mol. The van der Waals surface area contributed by atoms with Crippen LogP contribution in [-0.2, 0) is 43.3 Å². The Morgan fingerprint density at radius 1 is 0.402 bits per heavy atom. The van der Waals surface area contributed by atoms with E-state index in [0.717, 1.165) is 83.9 Å². The third-order valence-electron chi connectivity index (χ3n) is 22.1. The fourth-order valence-corrected chi connectivity index (χ4v) is 16.2. The largest absolute Gasteiger partial charge is 0.468 e. The highest BCUT2D eigenvalue weighted by atomic mass is 16.3. The molecule has 2 aliphatic heterocycles. The van der Waals surface area contributed by atoms with Crippen LogP contribution in [-0.4, -0.2) is 6.71 Å². The Bertz CT molecular complexity index is 4270. The van der Waals surface area contributed by atoms with Crippen molar-refractivity contribution in [1.29, 1.82) is 0 Å². The molecule has 0 fully saturated rings. The Morgan fingerprint density at radius 2 is 0.885 bits per heavy atom. The van der Waals surface area contributed by atoms with Gasteiger partial charge in [0.25, 0.3) is 6.71 Å². The van der Waals surface area contributed by atoms with Crippen molar-refractivity contribution >= 4 is 85.5 Å². The van der Waals surface area contributed by atoms with E-state index in [0.29, 0.717) is 0 Å². The topological polar surface area (TPSA) is 22.9 Å². The van der Waals surface area contributed by atoms with Crippen molar-refractivity contribution < 1.29 is 4.42 Å². The maximum Gasteiger partial charge on any atom is 0.297 e. The van der Waals surface area contributed by atoms with Crippen LogP contribution in [0.1, 0.15) is 208 Å². The minimum atomic E-state index is -0.242. The molecule has 5 heteroatoms. The van der Waals surface area contributed by atoms with Crippen LogP contribution in [0.2, 0.25) is 0 Å². The average molecular weight is 1150 g/mol. The smallest absolute Gasteiger partial charge is 0.297 e. The summed E-state index contributed by atoms with van der Waals surface area (Å²) in [6.45, 7) is 43.4. The molecule has 8 aromatic carbocycles. The molecule has 87 heavy (non-hydrogen) atoms. The average Bonchev–Trinajstić information content (AvgIpc) is 1.67. The zero-order chi connectivity index (χ0) is 61.5. The molecule has 1 aromatic heterocycles. The maximum atomic E-state index is 7.91. The van der Waals surface area contributed by atoms with Crippen LogP contribution in [0, 0.1) is 0 Å². The molecule has 0 radical (unpaired) electrons. The summed E-state index contributed by atoms with van der Waals surface area (Å²) in [7, 11) is 0. The number of para-hydroxylation sites is 1. The van der Waals surface area contributed by atoms with Gasteiger partial charge in [0.15, 0.2) is 0 Å². The van der Waals surface area contributed by atoms with Gasteiger partial charge in [-0.15, -0.1) is 0 Å². The first-order chi connectivity index (χ1) is 40.8. The highest BCUT2D eigenvalue weighted by molar-refractivity contribution is 7.00. The lowest BCUT2D eigenvalue weighted by Gasteiger charge is -2.45. The van der Waals surface area contributed by atoms with Crippen molar-refractivity contribution in [1.82, 2.24) is 0 Å². The summed E-state index contributed by atoms with van der Waals surface area (Å²) in [5.74, 6) is 0. The van der Waals surface area contributed by atoms with E-state index in [1.807, 2.05) is 0 Å². The third kappa shape index (κ3) is 9.11. The van der Waals surface area contributed by atoms with Gasteiger partial charge in [0.1, 0.15) is 5.58 Å². The van der Waals surface area contributed by atoms with Crippen molar-refractivity contribution in [2.24, 2.45) is 0 Å². The van der Waals surface area contributed by atoms with E-state index in [9.17, 15) is 0 Å². The first-order valence-corrected chi connectivity index (χ1v) is 32.7. The zero-order valence-corrected chi connectivity index (χ0v) is 55.6. The van der Waals surface area contributed by atoms with E-state index in [4.69, 9.17) is 4.42 Å². The van der Waals surface area contributed by atoms with E-state index in [-0.39, 0.29) is 50.0 Å². The second-order valence-electron chi connectivity index (χ2n) is 33.0. The fraction of sp³-hybridized carbons (Fsp3) is 0.390. The first kappa shape index (κ1) is 57.5. The number of hydrogen-bond acceptors (Lipinski definition) is 4. The number of nitrogens with zero attached hydrogens (tertiary/aromatic N) is 3. The summed E-state index contributed by atoms with van der Waals surface area (Å²) < 4.78 is 7.91. The SMILES string of the molecule is CC(C)(C)c1ccc2c(c1)B1c3oc4cc5c(cc4c3N(c3ccc4c(c3)C(C)(C)CCC4(C)C)c3cc(N(c4ccccc4)c4ccc6c(c4)C(C)(C)CCC6(C)C)cc(c31)N2c1ccc(C(C)(C)C)cc1-c1ccccc1)C(C)(C)CCC5(C)C. The Kier molecular flexibility index (Phi) is 12.6. The summed E-state index contributed by atoms with van der Waals surface area (Å²) in [5.41, 5.74) is 28.4. The molecule has 444 valence electrons. The molecule has 0 N–H and O–H groups in total. The Balaban J connectivity index is 1.17. The molecular formula is C82H92BN3O. The minimum Gasteiger partial charge on any atom is -0.468 e. The Morgan fingerprint density at radius 3 is 1.46 bits per heavy atom. The lowest BCUT2D eigenvalue weighted by atomic mass is 9.35. The van der Waals surface area contributed by atoms with Gasteiger partial charge in [0.05, 0.1) is 22.7 Å². The van der Waals surface area contributed by atoms with Gasteiger partial charge in [-0.1, -0.05) is 203 Å².